The number of rotatable bonds is 6. The van der Waals surface area contributed by atoms with E-state index in [2.05, 4.69) is 5.32 Å². The zero-order chi connectivity index (χ0) is 21.0. The van der Waals surface area contributed by atoms with E-state index in [1.165, 1.54) is 6.07 Å². The normalized spacial score (nSPS) is 11.2. The third kappa shape index (κ3) is 4.67. The number of nitrogens with one attached hydrogen (secondary N) is 1. The molecule has 0 heterocycles. The van der Waals surface area contributed by atoms with Crippen LogP contribution in [0.3, 0.4) is 0 Å². The van der Waals surface area contributed by atoms with Crippen LogP contribution in [0.1, 0.15) is 27.5 Å². The van der Waals surface area contributed by atoms with Crippen LogP contribution in [0, 0.1) is 10.1 Å². The molecule has 0 aromatic heterocycles. The highest BCUT2D eigenvalue weighted by Crippen LogP contribution is 2.26. The maximum Gasteiger partial charge on any atom is 0.288 e. The third-order valence-corrected chi connectivity index (χ3v) is 5.50. The van der Waals surface area contributed by atoms with Gasteiger partial charge in [-0.3, -0.25) is 14.9 Å². The van der Waals surface area contributed by atoms with Crippen LogP contribution < -0.4 is 5.32 Å². The Kier molecular flexibility index (Phi) is 5.74. The first kappa shape index (κ1) is 20.2. The second kappa shape index (κ2) is 8.24. The topological polar surface area (TPSA) is 106 Å². The number of hydrogen-bond donors (Lipinski definition) is 1. The van der Waals surface area contributed by atoms with Crippen LogP contribution in [0.4, 0.5) is 5.69 Å². The zero-order valence-corrected chi connectivity index (χ0v) is 16.3. The Balaban J connectivity index is 1.99. The van der Waals surface area contributed by atoms with E-state index in [1.54, 1.807) is 0 Å². The summed E-state index contributed by atoms with van der Waals surface area (Å²) in [6.07, 6.45) is 0.885. The van der Waals surface area contributed by atoms with E-state index < -0.39 is 37.3 Å². The summed E-state index contributed by atoms with van der Waals surface area (Å²) in [5.74, 6) is -0.550. The summed E-state index contributed by atoms with van der Waals surface area (Å²) < 4.78 is 23.6. The monoisotopic (exact) mass is 410 g/mol. The van der Waals surface area contributed by atoms with E-state index in [4.69, 9.17) is 0 Å². The molecule has 0 bridgehead atoms. The number of sulfone groups is 1. The van der Waals surface area contributed by atoms with Gasteiger partial charge in [-0.05, 0) is 23.3 Å². The Morgan fingerprint density at radius 3 is 1.90 bits per heavy atom. The molecule has 0 saturated heterocycles. The van der Waals surface area contributed by atoms with Gasteiger partial charge < -0.3 is 5.32 Å². The number of carbonyl (C=O) groups is 1. The highest BCUT2D eigenvalue weighted by molar-refractivity contribution is 7.90. The van der Waals surface area contributed by atoms with E-state index in [0.717, 1.165) is 29.5 Å². The highest BCUT2D eigenvalue weighted by atomic mass is 32.2. The minimum absolute atomic E-state index is 0.000891. The van der Waals surface area contributed by atoms with Crippen molar-refractivity contribution in [1.29, 1.82) is 0 Å². The Morgan fingerprint density at radius 2 is 1.45 bits per heavy atom. The molecule has 0 aliphatic heterocycles. The maximum absolute atomic E-state index is 12.9. The Labute approximate surface area is 168 Å². The smallest absolute Gasteiger partial charge is 0.288 e. The van der Waals surface area contributed by atoms with Gasteiger partial charge in [0.15, 0.2) is 9.84 Å². The van der Waals surface area contributed by atoms with Gasteiger partial charge in [-0.15, -0.1) is 0 Å². The number of nitrogens with zero attached hydrogens (tertiary/aromatic N) is 1. The van der Waals surface area contributed by atoms with Crippen molar-refractivity contribution in [1.82, 2.24) is 5.32 Å². The molecule has 29 heavy (non-hydrogen) atoms. The first-order chi connectivity index (χ1) is 13.8. The van der Waals surface area contributed by atoms with E-state index in [-0.39, 0.29) is 5.56 Å². The molecule has 148 valence electrons. The maximum atomic E-state index is 12.9. The van der Waals surface area contributed by atoms with Crippen molar-refractivity contribution in [2.75, 3.05) is 6.26 Å². The molecule has 1 amide bonds. The van der Waals surface area contributed by atoms with Crippen molar-refractivity contribution in [3.05, 3.63) is 106 Å². The average Bonchev–Trinajstić information content (AvgIpc) is 2.72. The van der Waals surface area contributed by atoms with Gasteiger partial charge in [0.2, 0.25) is 0 Å². The molecule has 0 fully saturated rings. The lowest BCUT2D eigenvalue weighted by Crippen LogP contribution is -2.29. The summed E-state index contributed by atoms with van der Waals surface area (Å²) in [5, 5.41) is 14.2. The van der Waals surface area contributed by atoms with Crippen LogP contribution in [0.25, 0.3) is 0 Å². The van der Waals surface area contributed by atoms with Gasteiger partial charge in [0, 0.05) is 17.9 Å². The summed E-state index contributed by atoms with van der Waals surface area (Å²) in [4.78, 5) is 22.9. The molecule has 0 unspecified atom stereocenters. The second-order valence-corrected chi connectivity index (χ2v) is 8.42. The van der Waals surface area contributed by atoms with Crippen LogP contribution in [0.15, 0.2) is 83.8 Å². The van der Waals surface area contributed by atoms with Crippen LogP contribution in [-0.2, 0) is 9.84 Å². The fraction of sp³-hybridized carbons (Fsp3) is 0.0952. The summed E-state index contributed by atoms with van der Waals surface area (Å²) >= 11 is 0. The van der Waals surface area contributed by atoms with E-state index in [9.17, 15) is 23.3 Å². The molecule has 7 nitrogen and oxygen atoms in total. The number of benzene rings is 3. The Bertz CT molecular complexity index is 1110. The summed E-state index contributed by atoms with van der Waals surface area (Å²) in [7, 11) is -3.80. The third-order valence-electron chi connectivity index (χ3n) is 4.36. The molecule has 0 aliphatic rings. The lowest BCUT2D eigenvalue weighted by Gasteiger charge is -2.20. The summed E-state index contributed by atoms with van der Waals surface area (Å²) in [5.41, 5.74) is 1.06. The molecule has 0 radical (unpaired) electrons. The van der Waals surface area contributed by atoms with Crippen LogP contribution in [-0.4, -0.2) is 25.5 Å². The predicted octanol–water partition coefficient (Wildman–Crippen LogP) is 3.52. The van der Waals surface area contributed by atoms with Gasteiger partial charge in [-0.2, -0.15) is 0 Å². The van der Waals surface area contributed by atoms with Gasteiger partial charge in [0.1, 0.15) is 4.90 Å². The average molecular weight is 410 g/mol. The molecule has 0 atom stereocenters. The number of amides is 1. The van der Waals surface area contributed by atoms with Crippen molar-refractivity contribution in [2.24, 2.45) is 0 Å². The van der Waals surface area contributed by atoms with Crippen molar-refractivity contribution < 1.29 is 18.1 Å². The largest absolute Gasteiger partial charge is 0.341 e. The number of hydrogen-bond acceptors (Lipinski definition) is 5. The molecule has 1 N–H and O–H groups in total. The molecule has 3 aromatic carbocycles. The van der Waals surface area contributed by atoms with E-state index in [0.29, 0.717) is 0 Å². The lowest BCUT2D eigenvalue weighted by atomic mass is 9.98. The van der Waals surface area contributed by atoms with Crippen LogP contribution in [0.2, 0.25) is 0 Å². The van der Waals surface area contributed by atoms with E-state index in [1.807, 2.05) is 60.7 Å². The number of nitro groups is 1. The molecule has 0 aliphatic carbocycles. The highest BCUT2D eigenvalue weighted by Gasteiger charge is 2.25. The van der Waals surface area contributed by atoms with Gasteiger partial charge >= 0.3 is 0 Å². The van der Waals surface area contributed by atoms with Gasteiger partial charge in [0.05, 0.1) is 11.0 Å². The number of carbonyl (C=O) groups excluding carboxylic acids is 1. The minimum atomic E-state index is -3.80. The Morgan fingerprint density at radius 1 is 0.931 bits per heavy atom. The summed E-state index contributed by atoms with van der Waals surface area (Å²) in [6.45, 7) is 0. The SMILES string of the molecule is CS(=O)(=O)c1ccc(C(=O)NC(c2ccccc2)c2ccccc2)cc1[N+](=O)[O-]. The van der Waals surface area contributed by atoms with Gasteiger partial charge in [-0.25, -0.2) is 8.42 Å². The first-order valence-corrected chi connectivity index (χ1v) is 10.6. The molecular weight excluding hydrogens is 392 g/mol. The quantitative estimate of drug-likeness (QED) is 0.494. The standard InChI is InChI=1S/C21H18N2O5S/c1-29(27,28)19-13-12-17(14-18(19)23(25)26)21(24)22-20(15-8-4-2-5-9-15)16-10-6-3-7-11-16/h2-14,20H,1H3,(H,22,24). The second-order valence-electron chi connectivity index (χ2n) is 6.44. The zero-order valence-electron chi connectivity index (χ0n) is 15.5. The molecule has 3 aromatic rings. The fourth-order valence-electron chi connectivity index (χ4n) is 2.98. The molecular formula is C21H18N2O5S. The number of nitro benzene ring substituents is 1. The van der Waals surface area contributed by atoms with Crippen molar-refractivity contribution in [3.63, 3.8) is 0 Å². The van der Waals surface area contributed by atoms with E-state index >= 15 is 0 Å². The van der Waals surface area contributed by atoms with Crippen molar-refractivity contribution >= 4 is 21.4 Å². The molecule has 0 saturated carbocycles. The molecule has 8 heteroatoms. The predicted molar refractivity (Wildman–Crippen MR) is 108 cm³/mol. The van der Waals surface area contributed by atoms with Crippen molar-refractivity contribution in [3.8, 4) is 0 Å². The first-order valence-electron chi connectivity index (χ1n) is 8.66. The summed E-state index contributed by atoms with van der Waals surface area (Å²) in [6, 6.07) is 21.5. The minimum Gasteiger partial charge on any atom is -0.341 e. The van der Waals surface area contributed by atoms with Gasteiger partial charge in [-0.1, -0.05) is 60.7 Å². The van der Waals surface area contributed by atoms with Gasteiger partial charge in [0.25, 0.3) is 11.6 Å². The molecule has 3 rings (SSSR count). The Hall–Kier alpha value is -3.52. The van der Waals surface area contributed by atoms with Crippen molar-refractivity contribution in [2.45, 2.75) is 10.9 Å². The van der Waals surface area contributed by atoms with Crippen LogP contribution in [0.5, 0.6) is 0 Å². The van der Waals surface area contributed by atoms with Crippen LogP contribution >= 0.6 is 0 Å². The fourth-order valence-corrected chi connectivity index (χ4v) is 3.81. The molecule has 0 spiro atoms. The lowest BCUT2D eigenvalue weighted by molar-refractivity contribution is -0.387.